The minimum Gasteiger partial charge on any atom is -0.428 e. The first kappa shape index (κ1) is 9.21. The second-order valence-corrected chi connectivity index (χ2v) is 4.41. The van der Waals surface area contributed by atoms with Gasteiger partial charge in [-0.2, -0.15) is 4.98 Å². The maximum Gasteiger partial charge on any atom is 0.295 e. The average Bonchev–Trinajstić information content (AvgIpc) is 2.79. The van der Waals surface area contributed by atoms with E-state index in [4.69, 9.17) is 4.42 Å². The smallest absolute Gasteiger partial charge is 0.295 e. The van der Waals surface area contributed by atoms with Crippen molar-refractivity contribution in [1.29, 1.82) is 0 Å². The van der Waals surface area contributed by atoms with E-state index in [9.17, 15) is 0 Å². The van der Waals surface area contributed by atoms with Crippen molar-refractivity contribution in [2.45, 2.75) is 38.1 Å². The highest BCUT2D eigenvalue weighted by atomic mass is 16.4. The number of nitrogens with one attached hydrogen (secondary N) is 2. The third kappa shape index (κ3) is 1.86. The van der Waals surface area contributed by atoms with E-state index < -0.39 is 0 Å². The van der Waals surface area contributed by atoms with Crippen LogP contribution in [0.15, 0.2) is 4.42 Å². The normalized spacial score (nSPS) is 21.6. The lowest BCUT2D eigenvalue weighted by atomic mass is 10.1. The van der Waals surface area contributed by atoms with E-state index in [-0.39, 0.29) is 0 Å². The van der Waals surface area contributed by atoms with E-state index in [1.807, 2.05) is 0 Å². The summed E-state index contributed by atoms with van der Waals surface area (Å²) >= 11 is 0. The van der Waals surface area contributed by atoms with Gasteiger partial charge in [0.15, 0.2) is 0 Å². The van der Waals surface area contributed by atoms with Crippen LogP contribution in [-0.4, -0.2) is 24.1 Å². The van der Waals surface area contributed by atoms with Gasteiger partial charge >= 0.3 is 0 Å². The monoisotopic (exact) mass is 207 g/mol. The fourth-order valence-electron chi connectivity index (χ4n) is 2.39. The van der Waals surface area contributed by atoms with Crippen molar-refractivity contribution in [3.05, 3.63) is 11.5 Å². The molecular weight excluding hydrogens is 190 g/mol. The molecular formula is C11H17N3O. The molecule has 1 saturated heterocycles. The number of hydrogen-bond acceptors (Lipinski definition) is 4. The SMILES string of the molecule is C1Cc2nc(NC3CCNCC3)oc2C1. The van der Waals surface area contributed by atoms with Crippen molar-refractivity contribution in [1.82, 2.24) is 10.3 Å². The first-order valence-electron chi connectivity index (χ1n) is 5.87. The predicted octanol–water partition coefficient (Wildman–Crippen LogP) is 1.33. The van der Waals surface area contributed by atoms with Crippen molar-refractivity contribution in [2.75, 3.05) is 18.4 Å². The van der Waals surface area contributed by atoms with E-state index in [1.54, 1.807) is 0 Å². The van der Waals surface area contributed by atoms with Crippen molar-refractivity contribution < 1.29 is 4.42 Å². The summed E-state index contributed by atoms with van der Waals surface area (Å²) in [5, 5.41) is 6.74. The van der Waals surface area contributed by atoms with Crippen LogP contribution in [0.25, 0.3) is 0 Å². The van der Waals surface area contributed by atoms with Gasteiger partial charge in [-0.15, -0.1) is 0 Å². The number of fused-ring (bicyclic) bond motifs is 1. The van der Waals surface area contributed by atoms with Crippen LogP contribution in [-0.2, 0) is 12.8 Å². The Hall–Kier alpha value is -1.03. The maximum absolute atomic E-state index is 5.69. The number of aromatic nitrogens is 1. The fraction of sp³-hybridized carbons (Fsp3) is 0.727. The Morgan fingerprint density at radius 3 is 2.93 bits per heavy atom. The summed E-state index contributed by atoms with van der Waals surface area (Å²) in [6.45, 7) is 2.19. The molecule has 1 aliphatic heterocycles. The summed E-state index contributed by atoms with van der Waals surface area (Å²) in [7, 11) is 0. The van der Waals surface area contributed by atoms with Crippen LogP contribution in [0.5, 0.6) is 0 Å². The van der Waals surface area contributed by atoms with Gasteiger partial charge in [0.05, 0.1) is 5.69 Å². The Morgan fingerprint density at radius 2 is 2.13 bits per heavy atom. The molecule has 0 unspecified atom stereocenters. The Bertz CT molecular complexity index is 320. The Balaban J connectivity index is 1.66. The number of nitrogens with zero attached hydrogens (tertiary/aromatic N) is 1. The summed E-state index contributed by atoms with van der Waals surface area (Å²) in [6, 6.07) is 1.27. The second-order valence-electron chi connectivity index (χ2n) is 4.41. The van der Waals surface area contributed by atoms with Gasteiger partial charge in [-0.25, -0.2) is 0 Å². The summed E-state index contributed by atoms with van der Waals surface area (Å²) in [4.78, 5) is 4.49. The summed E-state index contributed by atoms with van der Waals surface area (Å²) in [5.74, 6) is 1.10. The minimum atomic E-state index is 0.532. The third-order valence-corrected chi connectivity index (χ3v) is 3.26. The number of anilines is 1. The van der Waals surface area contributed by atoms with Crippen molar-refractivity contribution in [2.24, 2.45) is 0 Å². The third-order valence-electron chi connectivity index (χ3n) is 3.26. The first-order valence-corrected chi connectivity index (χ1v) is 5.87. The zero-order chi connectivity index (χ0) is 10.1. The van der Waals surface area contributed by atoms with Gasteiger partial charge in [-0.3, -0.25) is 0 Å². The van der Waals surface area contributed by atoms with Gasteiger partial charge in [-0.05, 0) is 38.8 Å². The lowest BCUT2D eigenvalue weighted by Crippen LogP contribution is -2.35. The number of piperidine rings is 1. The predicted molar refractivity (Wildman–Crippen MR) is 58.0 cm³/mol. The van der Waals surface area contributed by atoms with Gasteiger partial charge in [0.2, 0.25) is 0 Å². The highest BCUT2D eigenvalue weighted by Gasteiger charge is 2.20. The molecule has 0 aromatic carbocycles. The van der Waals surface area contributed by atoms with E-state index in [2.05, 4.69) is 15.6 Å². The molecule has 1 aliphatic carbocycles. The van der Waals surface area contributed by atoms with Gasteiger partial charge in [-0.1, -0.05) is 0 Å². The molecule has 1 fully saturated rings. The molecule has 1 aromatic rings. The Kier molecular flexibility index (Phi) is 2.37. The molecule has 2 N–H and O–H groups in total. The van der Waals surface area contributed by atoms with Gasteiger partial charge in [0.25, 0.3) is 6.01 Å². The number of oxazole rings is 1. The standard InChI is InChI=1S/C11H17N3O/c1-2-9-10(3-1)15-11(14-9)13-8-4-6-12-7-5-8/h8,12H,1-7H2,(H,13,14). The van der Waals surface area contributed by atoms with Crippen LogP contribution in [0.4, 0.5) is 6.01 Å². The van der Waals surface area contributed by atoms with Crippen molar-refractivity contribution in [3.63, 3.8) is 0 Å². The molecule has 3 rings (SSSR count). The van der Waals surface area contributed by atoms with Gasteiger partial charge in [0.1, 0.15) is 5.76 Å². The summed E-state index contributed by atoms with van der Waals surface area (Å²) in [6.07, 6.45) is 5.68. The lowest BCUT2D eigenvalue weighted by molar-refractivity contribution is 0.455. The van der Waals surface area contributed by atoms with Crippen LogP contribution in [0.2, 0.25) is 0 Å². The number of rotatable bonds is 2. The van der Waals surface area contributed by atoms with Crippen LogP contribution >= 0.6 is 0 Å². The quantitative estimate of drug-likeness (QED) is 0.768. The largest absolute Gasteiger partial charge is 0.428 e. The van der Waals surface area contributed by atoms with E-state index in [0.717, 1.165) is 50.5 Å². The van der Waals surface area contributed by atoms with Gasteiger partial charge < -0.3 is 15.1 Å². The molecule has 2 heterocycles. The zero-order valence-corrected chi connectivity index (χ0v) is 8.88. The van der Waals surface area contributed by atoms with Crippen molar-refractivity contribution in [3.8, 4) is 0 Å². The molecule has 4 nitrogen and oxygen atoms in total. The topological polar surface area (TPSA) is 50.1 Å². The van der Waals surface area contributed by atoms with E-state index >= 15 is 0 Å². The zero-order valence-electron chi connectivity index (χ0n) is 8.88. The molecule has 15 heavy (non-hydrogen) atoms. The van der Waals surface area contributed by atoms with E-state index in [1.165, 1.54) is 12.1 Å². The fourth-order valence-corrected chi connectivity index (χ4v) is 2.39. The highest BCUT2D eigenvalue weighted by Crippen LogP contribution is 2.25. The van der Waals surface area contributed by atoms with Gasteiger partial charge in [0, 0.05) is 12.5 Å². The first-order chi connectivity index (χ1) is 7.42. The second kappa shape index (κ2) is 3.85. The Labute approximate surface area is 89.5 Å². The molecule has 0 radical (unpaired) electrons. The molecule has 1 aromatic heterocycles. The summed E-state index contributed by atoms with van der Waals surface area (Å²) < 4.78 is 5.69. The molecule has 0 spiro atoms. The average molecular weight is 207 g/mol. The van der Waals surface area contributed by atoms with Crippen molar-refractivity contribution >= 4 is 6.01 Å². The maximum atomic E-state index is 5.69. The highest BCUT2D eigenvalue weighted by molar-refractivity contribution is 5.29. The Morgan fingerprint density at radius 1 is 1.27 bits per heavy atom. The molecule has 4 heteroatoms. The molecule has 0 amide bonds. The molecule has 0 saturated carbocycles. The minimum absolute atomic E-state index is 0.532. The number of aryl methyl sites for hydroxylation is 2. The molecule has 0 atom stereocenters. The summed E-state index contributed by atoms with van der Waals surface area (Å²) in [5.41, 5.74) is 1.17. The molecule has 2 aliphatic rings. The number of hydrogen-bond donors (Lipinski definition) is 2. The van der Waals surface area contributed by atoms with Crippen LogP contribution in [0.1, 0.15) is 30.7 Å². The molecule has 82 valence electrons. The van der Waals surface area contributed by atoms with Crippen LogP contribution < -0.4 is 10.6 Å². The molecule has 0 bridgehead atoms. The van der Waals surface area contributed by atoms with Crippen LogP contribution in [0.3, 0.4) is 0 Å². The van der Waals surface area contributed by atoms with Crippen LogP contribution in [0, 0.1) is 0 Å². The lowest BCUT2D eigenvalue weighted by Gasteiger charge is -2.22. The van der Waals surface area contributed by atoms with E-state index in [0.29, 0.717) is 6.04 Å².